The van der Waals surface area contributed by atoms with Crippen LogP contribution in [0, 0.1) is 16.7 Å². The molecular formula is C15H24N2O. The molecule has 3 nitrogen and oxygen atoms in total. The maximum Gasteiger partial charge on any atom is 0.240 e. The highest BCUT2D eigenvalue weighted by molar-refractivity contribution is 5.85. The third kappa shape index (κ3) is 3.04. The summed E-state index contributed by atoms with van der Waals surface area (Å²) in [6, 6.07) is 2.65. The van der Waals surface area contributed by atoms with Gasteiger partial charge in [-0.3, -0.25) is 4.79 Å². The van der Waals surface area contributed by atoms with Gasteiger partial charge in [-0.05, 0) is 25.7 Å². The lowest BCUT2D eigenvalue weighted by molar-refractivity contribution is -0.129. The SMILES string of the molecule is N#CC1(C(=O)NC2CCCCC2)CCCCCC1. The van der Waals surface area contributed by atoms with Crippen molar-refractivity contribution in [1.82, 2.24) is 5.32 Å². The molecule has 2 aliphatic carbocycles. The Morgan fingerprint density at radius 2 is 1.56 bits per heavy atom. The highest BCUT2D eigenvalue weighted by atomic mass is 16.2. The van der Waals surface area contributed by atoms with Crippen LogP contribution >= 0.6 is 0 Å². The van der Waals surface area contributed by atoms with Crippen molar-refractivity contribution in [3.05, 3.63) is 0 Å². The number of nitriles is 1. The average molecular weight is 248 g/mol. The van der Waals surface area contributed by atoms with Crippen LogP contribution in [0.4, 0.5) is 0 Å². The van der Waals surface area contributed by atoms with Crippen molar-refractivity contribution in [2.45, 2.75) is 76.7 Å². The maximum absolute atomic E-state index is 12.4. The fraction of sp³-hybridized carbons (Fsp3) is 0.867. The van der Waals surface area contributed by atoms with E-state index in [4.69, 9.17) is 0 Å². The number of hydrogen-bond donors (Lipinski definition) is 1. The minimum absolute atomic E-state index is 0.0128. The highest BCUT2D eigenvalue weighted by Gasteiger charge is 2.39. The van der Waals surface area contributed by atoms with Gasteiger partial charge in [0.2, 0.25) is 5.91 Å². The number of nitrogens with one attached hydrogen (secondary N) is 1. The molecule has 0 saturated heterocycles. The van der Waals surface area contributed by atoms with Crippen molar-refractivity contribution >= 4 is 5.91 Å². The van der Waals surface area contributed by atoms with Crippen LogP contribution in [-0.4, -0.2) is 11.9 Å². The molecule has 0 heterocycles. The number of amides is 1. The fourth-order valence-corrected chi connectivity index (χ4v) is 3.29. The molecule has 2 saturated carbocycles. The molecule has 0 bridgehead atoms. The molecule has 100 valence electrons. The molecule has 1 N–H and O–H groups in total. The normalized spacial score (nSPS) is 24.8. The van der Waals surface area contributed by atoms with Crippen molar-refractivity contribution in [1.29, 1.82) is 5.26 Å². The van der Waals surface area contributed by atoms with Gasteiger partial charge in [0.05, 0.1) is 6.07 Å². The summed E-state index contributed by atoms with van der Waals surface area (Å²) in [5, 5.41) is 12.6. The largest absolute Gasteiger partial charge is 0.352 e. The zero-order chi connectivity index (χ0) is 12.8. The molecule has 0 radical (unpaired) electrons. The van der Waals surface area contributed by atoms with Crippen LogP contribution in [-0.2, 0) is 4.79 Å². The van der Waals surface area contributed by atoms with Gasteiger partial charge in [0.1, 0.15) is 5.41 Å². The van der Waals surface area contributed by atoms with Crippen LogP contribution in [0.3, 0.4) is 0 Å². The van der Waals surface area contributed by atoms with E-state index in [1.54, 1.807) is 0 Å². The monoisotopic (exact) mass is 248 g/mol. The van der Waals surface area contributed by atoms with Crippen LogP contribution in [0.15, 0.2) is 0 Å². The first kappa shape index (κ1) is 13.4. The molecule has 18 heavy (non-hydrogen) atoms. The first-order chi connectivity index (χ1) is 8.77. The van der Waals surface area contributed by atoms with Gasteiger partial charge >= 0.3 is 0 Å². The summed E-state index contributed by atoms with van der Waals surface area (Å²) in [5.74, 6) is 0.0128. The second-order valence-electron chi connectivity index (χ2n) is 5.92. The van der Waals surface area contributed by atoms with Crippen molar-refractivity contribution in [3.63, 3.8) is 0 Å². The topological polar surface area (TPSA) is 52.9 Å². The summed E-state index contributed by atoms with van der Waals surface area (Å²) < 4.78 is 0. The lowest BCUT2D eigenvalue weighted by Gasteiger charge is -2.29. The van der Waals surface area contributed by atoms with Gasteiger partial charge in [-0.25, -0.2) is 0 Å². The van der Waals surface area contributed by atoms with Gasteiger partial charge in [0.15, 0.2) is 0 Å². The maximum atomic E-state index is 12.4. The van der Waals surface area contributed by atoms with E-state index in [1.807, 2.05) is 0 Å². The lowest BCUT2D eigenvalue weighted by Crippen LogP contribution is -2.45. The summed E-state index contributed by atoms with van der Waals surface area (Å²) in [6.45, 7) is 0. The predicted octanol–water partition coefficient (Wildman–Crippen LogP) is 3.30. The molecule has 0 aliphatic heterocycles. The first-order valence-corrected chi connectivity index (χ1v) is 7.49. The van der Waals surface area contributed by atoms with E-state index in [0.717, 1.165) is 38.5 Å². The molecule has 2 aliphatic rings. The van der Waals surface area contributed by atoms with Crippen LogP contribution in [0.2, 0.25) is 0 Å². The number of carbonyl (C=O) groups excluding carboxylic acids is 1. The van der Waals surface area contributed by atoms with Crippen LogP contribution in [0.25, 0.3) is 0 Å². The lowest BCUT2D eigenvalue weighted by atomic mass is 9.80. The van der Waals surface area contributed by atoms with Crippen molar-refractivity contribution in [2.24, 2.45) is 5.41 Å². The number of rotatable bonds is 2. The average Bonchev–Trinajstić information content (AvgIpc) is 2.66. The van der Waals surface area contributed by atoms with Gasteiger partial charge in [0, 0.05) is 6.04 Å². The standard InChI is InChI=1S/C15H24N2O/c16-12-15(10-6-1-2-7-11-15)14(18)17-13-8-4-3-5-9-13/h13H,1-11H2,(H,17,18). The number of carbonyl (C=O) groups is 1. The van der Waals surface area contributed by atoms with Gasteiger partial charge in [-0.1, -0.05) is 44.9 Å². The van der Waals surface area contributed by atoms with Gasteiger partial charge in [-0.15, -0.1) is 0 Å². The Kier molecular flexibility index (Phi) is 4.63. The minimum atomic E-state index is -0.728. The zero-order valence-electron chi connectivity index (χ0n) is 11.2. The van der Waals surface area contributed by atoms with Gasteiger partial charge in [-0.2, -0.15) is 5.26 Å². The summed E-state index contributed by atoms with van der Waals surface area (Å²) in [6.07, 6.45) is 11.8. The highest BCUT2D eigenvalue weighted by Crippen LogP contribution is 2.35. The molecule has 0 atom stereocenters. The van der Waals surface area contributed by atoms with E-state index in [2.05, 4.69) is 11.4 Å². The Bertz CT molecular complexity index is 318. The third-order valence-corrected chi connectivity index (χ3v) is 4.55. The fourth-order valence-electron chi connectivity index (χ4n) is 3.29. The Balaban J connectivity index is 1.97. The third-order valence-electron chi connectivity index (χ3n) is 4.55. The zero-order valence-corrected chi connectivity index (χ0v) is 11.2. The molecule has 0 aromatic rings. The van der Waals surface area contributed by atoms with Crippen molar-refractivity contribution in [2.75, 3.05) is 0 Å². The van der Waals surface area contributed by atoms with E-state index < -0.39 is 5.41 Å². The second-order valence-corrected chi connectivity index (χ2v) is 5.92. The quantitative estimate of drug-likeness (QED) is 0.762. The van der Waals surface area contributed by atoms with E-state index >= 15 is 0 Å². The second kappa shape index (κ2) is 6.22. The Hall–Kier alpha value is -1.04. The molecule has 0 aromatic heterocycles. The van der Waals surface area contributed by atoms with E-state index in [-0.39, 0.29) is 5.91 Å². The molecule has 2 fully saturated rings. The molecule has 2 rings (SSSR count). The van der Waals surface area contributed by atoms with E-state index in [0.29, 0.717) is 6.04 Å². The van der Waals surface area contributed by atoms with E-state index in [9.17, 15) is 10.1 Å². The predicted molar refractivity (Wildman–Crippen MR) is 70.8 cm³/mol. The van der Waals surface area contributed by atoms with Crippen LogP contribution in [0.1, 0.15) is 70.6 Å². The summed E-state index contributed by atoms with van der Waals surface area (Å²) in [5.41, 5.74) is -0.728. The summed E-state index contributed by atoms with van der Waals surface area (Å²) >= 11 is 0. The van der Waals surface area contributed by atoms with Crippen LogP contribution < -0.4 is 5.32 Å². The molecule has 1 amide bonds. The van der Waals surface area contributed by atoms with Gasteiger partial charge in [0.25, 0.3) is 0 Å². The Morgan fingerprint density at radius 3 is 2.11 bits per heavy atom. The molecule has 0 unspecified atom stereocenters. The summed E-state index contributed by atoms with van der Waals surface area (Å²) in [7, 11) is 0. The minimum Gasteiger partial charge on any atom is -0.352 e. The van der Waals surface area contributed by atoms with Crippen molar-refractivity contribution in [3.8, 4) is 6.07 Å². The number of nitrogens with zero attached hydrogens (tertiary/aromatic N) is 1. The smallest absolute Gasteiger partial charge is 0.240 e. The van der Waals surface area contributed by atoms with Crippen LogP contribution in [0.5, 0.6) is 0 Å². The van der Waals surface area contributed by atoms with E-state index in [1.165, 1.54) is 32.1 Å². The molecule has 0 spiro atoms. The molecular weight excluding hydrogens is 224 g/mol. The van der Waals surface area contributed by atoms with Crippen molar-refractivity contribution < 1.29 is 4.79 Å². The number of hydrogen-bond acceptors (Lipinski definition) is 2. The first-order valence-electron chi connectivity index (χ1n) is 7.49. The van der Waals surface area contributed by atoms with Gasteiger partial charge < -0.3 is 5.32 Å². The molecule has 0 aromatic carbocycles. The Labute approximate surface area is 110 Å². The molecule has 3 heteroatoms. The Morgan fingerprint density at radius 1 is 1.00 bits per heavy atom. The summed E-state index contributed by atoms with van der Waals surface area (Å²) in [4.78, 5) is 12.4.